The molecule has 4 rings (SSSR count). The largest absolute Gasteiger partial charge is 0.491 e. The number of rotatable bonds is 6. The Morgan fingerprint density at radius 1 is 1.30 bits per heavy atom. The molecule has 2 N–H and O–H groups in total. The number of benzene rings is 2. The predicted molar refractivity (Wildman–Crippen MR) is 107 cm³/mol. The summed E-state index contributed by atoms with van der Waals surface area (Å²) in [5.74, 6) is -3.48. The summed E-state index contributed by atoms with van der Waals surface area (Å²) in [5.41, 5.74) is -0.146. The molecule has 1 atom stereocenters. The van der Waals surface area contributed by atoms with Crippen LogP contribution in [0.15, 0.2) is 47.4 Å². The zero-order valence-corrected chi connectivity index (χ0v) is 16.2. The Hall–Kier alpha value is -3.26. The number of aliphatic hydroxyl groups is 1. The van der Waals surface area contributed by atoms with Crippen LogP contribution in [0.5, 0.6) is 5.75 Å². The smallest absolute Gasteiger partial charge is 0.257 e. The Labute approximate surface area is 170 Å². The average Bonchev–Trinajstić information content (AvgIpc) is 3.59. The van der Waals surface area contributed by atoms with Crippen molar-refractivity contribution < 1.29 is 23.4 Å². The number of carbonyl (C=O) groups excluding carboxylic acids is 1. The summed E-state index contributed by atoms with van der Waals surface area (Å²) in [6, 6.07) is 8.86. The topological polar surface area (TPSA) is 80.6 Å². The summed E-state index contributed by atoms with van der Waals surface area (Å²) < 4.78 is 35.0. The van der Waals surface area contributed by atoms with Crippen LogP contribution in [0, 0.1) is 11.6 Å². The quantitative estimate of drug-likeness (QED) is 0.650. The number of ether oxygens (including phenoxy) is 1. The summed E-state index contributed by atoms with van der Waals surface area (Å²) >= 11 is 0. The van der Waals surface area contributed by atoms with Crippen molar-refractivity contribution >= 4 is 16.8 Å². The highest BCUT2D eigenvalue weighted by Crippen LogP contribution is 2.40. The van der Waals surface area contributed by atoms with E-state index < -0.39 is 29.0 Å². The molecule has 1 aliphatic rings. The second-order valence-corrected chi connectivity index (χ2v) is 7.23. The van der Waals surface area contributed by atoms with Gasteiger partial charge in [-0.25, -0.2) is 4.39 Å². The van der Waals surface area contributed by atoms with Crippen molar-refractivity contribution in [1.29, 1.82) is 0 Å². The number of fused-ring (bicyclic) bond motifs is 1. The number of hydrogen-bond donors (Lipinski definition) is 2. The van der Waals surface area contributed by atoms with Crippen molar-refractivity contribution in [3.63, 3.8) is 0 Å². The molecule has 3 aromatic rings. The first-order valence-electron chi connectivity index (χ1n) is 9.53. The summed E-state index contributed by atoms with van der Waals surface area (Å²) in [6.07, 6.45) is 2.92. The van der Waals surface area contributed by atoms with E-state index in [0.29, 0.717) is 5.56 Å². The summed E-state index contributed by atoms with van der Waals surface area (Å²) in [4.78, 5) is 25.9. The van der Waals surface area contributed by atoms with Crippen molar-refractivity contribution in [2.45, 2.75) is 24.9 Å². The van der Waals surface area contributed by atoms with Gasteiger partial charge in [-0.05, 0) is 24.5 Å². The van der Waals surface area contributed by atoms with Crippen LogP contribution in [0.3, 0.4) is 0 Å². The number of carbonyl (C=O) groups is 1. The van der Waals surface area contributed by atoms with Crippen LogP contribution in [-0.2, 0) is 0 Å². The minimum atomic E-state index is -1.23. The number of pyridine rings is 1. The van der Waals surface area contributed by atoms with Gasteiger partial charge >= 0.3 is 0 Å². The second kappa shape index (κ2) is 7.87. The Bertz CT molecular complexity index is 1170. The van der Waals surface area contributed by atoms with Gasteiger partial charge in [0.2, 0.25) is 11.2 Å². The van der Waals surface area contributed by atoms with E-state index in [2.05, 4.69) is 5.32 Å². The van der Waals surface area contributed by atoms with Gasteiger partial charge in [0.25, 0.3) is 5.91 Å². The molecule has 1 fully saturated rings. The van der Waals surface area contributed by atoms with Gasteiger partial charge in [-0.2, -0.15) is 4.39 Å². The van der Waals surface area contributed by atoms with Gasteiger partial charge in [0.1, 0.15) is 5.56 Å². The maximum absolute atomic E-state index is 14.3. The fraction of sp³-hybridized carbons (Fsp3) is 0.273. The molecule has 2 aromatic carbocycles. The predicted octanol–water partition coefficient (Wildman–Crippen LogP) is 3.09. The van der Waals surface area contributed by atoms with Crippen LogP contribution in [0.1, 0.15) is 40.8 Å². The lowest BCUT2D eigenvalue weighted by atomic mass is 10.1. The molecule has 0 bridgehead atoms. The van der Waals surface area contributed by atoms with Gasteiger partial charge in [-0.1, -0.05) is 30.3 Å². The molecule has 1 saturated carbocycles. The van der Waals surface area contributed by atoms with E-state index in [1.807, 2.05) is 0 Å². The van der Waals surface area contributed by atoms with Crippen molar-refractivity contribution in [2.75, 3.05) is 13.7 Å². The highest BCUT2D eigenvalue weighted by molar-refractivity contribution is 5.98. The number of amides is 1. The van der Waals surface area contributed by atoms with Crippen LogP contribution >= 0.6 is 0 Å². The lowest BCUT2D eigenvalue weighted by Crippen LogP contribution is -2.34. The average molecular weight is 414 g/mol. The van der Waals surface area contributed by atoms with Crippen LogP contribution in [-0.4, -0.2) is 29.3 Å². The van der Waals surface area contributed by atoms with Gasteiger partial charge in [0, 0.05) is 12.2 Å². The molecule has 0 saturated heterocycles. The molecule has 6 nitrogen and oxygen atoms in total. The maximum atomic E-state index is 14.3. The standard InChI is InChI=1S/C22H20F2N2O4/c1-30-21-18(24)16(23)9-14-19(21)26(13-7-8-13)10-15(20(14)28)22(29)25-17(11-27)12-5-3-2-4-6-12/h2-6,9-10,13,17,27H,7-8,11H2,1H3,(H,25,29)/t17-/m0/s1. The van der Waals surface area contributed by atoms with E-state index in [1.54, 1.807) is 34.9 Å². The number of halogens is 2. The van der Waals surface area contributed by atoms with Crippen molar-refractivity contribution in [3.05, 3.63) is 75.6 Å². The van der Waals surface area contributed by atoms with Crippen LogP contribution in [0.4, 0.5) is 8.78 Å². The summed E-state index contributed by atoms with van der Waals surface area (Å²) in [7, 11) is 1.20. The molecular formula is C22H20F2N2O4. The number of methoxy groups -OCH3 is 1. The highest BCUT2D eigenvalue weighted by Gasteiger charge is 2.30. The molecule has 1 aromatic heterocycles. The fourth-order valence-electron chi connectivity index (χ4n) is 3.57. The van der Waals surface area contributed by atoms with Crippen LogP contribution < -0.4 is 15.5 Å². The zero-order valence-electron chi connectivity index (χ0n) is 16.2. The van der Waals surface area contributed by atoms with E-state index in [-0.39, 0.29) is 34.9 Å². The van der Waals surface area contributed by atoms with Gasteiger partial charge < -0.3 is 19.7 Å². The number of nitrogens with zero attached hydrogens (tertiary/aromatic N) is 1. The molecule has 156 valence electrons. The fourth-order valence-corrected chi connectivity index (χ4v) is 3.57. The number of aromatic nitrogens is 1. The number of hydrogen-bond acceptors (Lipinski definition) is 4. The maximum Gasteiger partial charge on any atom is 0.257 e. The molecule has 30 heavy (non-hydrogen) atoms. The van der Waals surface area contributed by atoms with E-state index in [1.165, 1.54) is 13.3 Å². The second-order valence-electron chi connectivity index (χ2n) is 7.23. The van der Waals surface area contributed by atoms with E-state index in [0.717, 1.165) is 18.9 Å². The lowest BCUT2D eigenvalue weighted by Gasteiger charge is -2.19. The molecule has 0 unspecified atom stereocenters. The summed E-state index contributed by atoms with van der Waals surface area (Å²) in [6.45, 7) is -0.367. The molecule has 1 heterocycles. The minimum absolute atomic E-state index is 0.0406. The first-order chi connectivity index (χ1) is 14.5. The van der Waals surface area contributed by atoms with Gasteiger partial charge in [-0.3, -0.25) is 9.59 Å². The third-order valence-electron chi connectivity index (χ3n) is 5.24. The number of aliphatic hydroxyl groups excluding tert-OH is 1. The molecule has 0 spiro atoms. The zero-order chi connectivity index (χ0) is 21.4. The van der Waals surface area contributed by atoms with Crippen LogP contribution in [0.25, 0.3) is 10.9 Å². The first kappa shape index (κ1) is 20.0. The van der Waals surface area contributed by atoms with Gasteiger partial charge in [0.15, 0.2) is 11.6 Å². The number of nitrogens with one attached hydrogen (secondary N) is 1. The third kappa shape index (κ3) is 3.43. The molecule has 8 heteroatoms. The molecule has 1 amide bonds. The Balaban J connectivity index is 1.84. The Morgan fingerprint density at radius 2 is 2.00 bits per heavy atom. The van der Waals surface area contributed by atoms with Crippen LogP contribution in [0.2, 0.25) is 0 Å². The Kier molecular flexibility index (Phi) is 5.26. The first-order valence-corrected chi connectivity index (χ1v) is 9.53. The molecule has 1 aliphatic carbocycles. The van der Waals surface area contributed by atoms with Gasteiger partial charge in [-0.15, -0.1) is 0 Å². The van der Waals surface area contributed by atoms with E-state index >= 15 is 0 Å². The highest BCUT2D eigenvalue weighted by atomic mass is 19.2. The van der Waals surface area contributed by atoms with Crippen molar-refractivity contribution in [1.82, 2.24) is 9.88 Å². The molecule has 0 aliphatic heterocycles. The monoisotopic (exact) mass is 414 g/mol. The SMILES string of the molecule is COc1c(F)c(F)cc2c(=O)c(C(=O)N[C@@H](CO)c3ccccc3)cn(C3CC3)c12. The van der Waals surface area contributed by atoms with Gasteiger partial charge in [0.05, 0.1) is 30.7 Å². The third-order valence-corrected chi connectivity index (χ3v) is 5.24. The molecular weight excluding hydrogens is 394 g/mol. The lowest BCUT2D eigenvalue weighted by molar-refractivity contribution is 0.0914. The Morgan fingerprint density at radius 3 is 2.60 bits per heavy atom. The van der Waals surface area contributed by atoms with E-state index in [4.69, 9.17) is 4.74 Å². The minimum Gasteiger partial charge on any atom is -0.491 e. The summed E-state index contributed by atoms with van der Waals surface area (Å²) in [5, 5.41) is 12.2. The van der Waals surface area contributed by atoms with Crippen molar-refractivity contribution in [2.24, 2.45) is 0 Å². The van der Waals surface area contributed by atoms with Crippen molar-refractivity contribution in [3.8, 4) is 5.75 Å². The normalized spacial score (nSPS) is 14.5. The molecule has 0 radical (unpaired) electrons. The van der Waals surface area contributed by atoms with E-state index in [9.17, 15) is 23.5 Å².